The molecule has 2 aromatic rings. The Morgan fingerprint density at radius 1 is 1.10 bits per heavy atom. The summed E-state index contributed by atoms with van der Waals surface area (Å²) in [5.74, 6) is 1.34. The van der Waals surface area contributed by atoms with Gasteiger partial charge in [-0.05, 0) is 41.8 Å². The van der Waals surface area contributed by atoms with Gasteiger partial charge in [-0.3, -0.25) is 4.79 Å². The van der Waals surface area contributed by atoms with E-state index in [9.17, 15) is 4.79 Å². The van der Waals surface area contributed by atoms with Crippen LogP contribution in [0.3, 0.4) is 0 Å². The van der Waals surface area contributed by atoms with E-state index in [0.717, 1.165) is 23.2 Å². The van der Waals surface area contributed by atoms with Crippen LogP contribution in [0, 0.1) is 0 Å². The van der Waals surface area contributed by atoms with E-state index in [4.69, 9.17) is 14.6 Å². The van der Waals surface area contributed by atoms with E-state index in [2.05, 4.69) is 0 Å². The molecule has 0 heterocycles. The first-order valence-electron chi connectivity index (χ1n) is 6.71. The number of hydrogen-bond donors (Lipinski definition) is 1. The quantitative estimate of drug-likeness (QED) is 0.795. The van der Waals surface area contributed by atoms with Crippen LogP contribution in [0.4, 0.5) is 0 Å². The Labute approximate surface area is 123 Å². The number of aliphatic hydroxyl groups excluding tert-OH is 1. The molecule has 0 atom stereocenters. The monoisotopic (exact) mass is 286 g/mol. The lowest BCUT2D eigenvalue weighted by Gasteiger charge is -2.10. The zero-order chi connectivity index (χ0) is 15.1. The number of ether oxygens (including phenoxy) is 2. The van der Waals surface area contributed by atoms with Gasteiger partial charge in [-0.25, -0.2) is 0 Å². The van der Waals surface area contributed by atoms with Crippen molar-refractivity contribution in [2.75, 3.05) is 13.7 Å². The van der Waals surface area contributed by atoms with E-state index in [1.54, 1.807) is 19.2 Å². The van der Waals surface area contributed by atoms with Crippen LogP contribution < -0.4 is 9.47 Å². The predicted molar refractivity (Wildman–Crippen MR) is 79.9 cm³/mol. The van der Waals surface area contributed by atoms with Crippen LogP contribution in [0.1, 0.15) is 21.5 Å². The van der Waals surface area contributed by atoms with Gasteiger partial charge in [0.1, 0.15) is 18.1 Å². The van der Waals surface area contributed by atoms with Crippen molar-refractivity contribution in [3.8, 4) is 11.5 Å². The van der Waals surface area contributed by atoms with Crippen molar-refractivity contribution in [1.29, 1.82) is 0 Å². The minimum absolute atomic E-state index is 0.0599. The molecule has 110 valence electrons. The van der Waals surface area contributed by atoms with Gasteiger partial charge in [-0.15, -0.1) is 0 Å². The molecule has 2 aromatic carbocycles. The summed E-state index contributed by atoms with van der Waals surface area (Å²) in [6.07, 6.45) is 1.30. The number of aldehydes is 1. The molecule has 4 nitrogen and oxygen atoms in total. The summed E-state index contributed by atoms with van der Waals surface area (Å²) in [4.78, 5) is 11.1. The zero-order valence-electron chi connectivity index (χ0n) is 11.9. The normalized spacial score (nSPS) is 10.2. The molecule has 4 heteroatoms. The smallest absolute Gasteiger partial charge is 0.153 e. The third-order valence-corrected chi connectivity index (χ3v) is 3.16. The molecule has 21 heavy (non-hydrogen) atoms. The molecule has 0 saturated carbocycles. The Morgan fingerprint density at radius 3 is 2.43 bits per heavy atom. The molecule has 0 spiro atoms. The SMILES string of the molecule is COc1ccc(COc2ccc(CCO)cc2C=O)cc1. The van der Waals surface area contributed by atoms with Gasteiger partial charge in [0, 0.05) is 6.61 Å². The second-order valence-corrected chi connectivity index (χ2v) is 4.60. The van der Waals surface area contributed by atoms with E-state index in [-0.39, 0.29) is 6.61 Å². The van der Waals surface area contributed by atoms with Crippen molar-refractivity contribution in [3.63, 3.8) is 0 Å². The molecule has 0 aromatic heterocycles. The maximum absolute atomic E-state index is 11.1. The van der Waals surface area contributed by atoms with E-state index in [1.165, 1.54) is 0 Å². The Balaban J connectivity index is 2.06. The summed E-state index contributed by atoms with van der Waals surface area (Å²) < 4.78 is 10.8. The first-order valence-corrected chi connectivity index (χ1v) is 6.71. The minimum Gasteiger partial charge on any atom is -0.497 e. The lowest BCUT2D eigenvalue weighted by molar-refractivity contribution is 0.111. The molecule has 0 radical (unpaired) electrons. The van der Waals surface area contributed by atoms with Gasteiger partial charge in [-0.1, -0.05) is 18.2 Å². The molecular weight excluding hydrogens is 268 g/mol. The first kappa shape index (κ1) is 15.1. The number of benzene rings is 2. The number of carbonyl (C=O) groups excluding carboxylic acids is 1. The predicted octanol–water partition coefficient (Wildman–Crippen LogP) is 2.62. The average Bonchev–Trinajstić information content (AvgIpc) is 2.54. The summed E-state index contributed by atoms with van der Waals surface area (Å²) in [6, 6.07) is 12.9. The van der Waals surface area contributed by atoms with E-state index in [0.29, 0.717) is 24.3 Å². The number of methoxy groups -OCH3 is 1. The number of aliphatic hydroxyl groups is 1. The summed E-state index contributed by atoms with van der Waals surface area (Å²) >= 11 is 0. The van der Waals surface area contributed by atoms with Crippen molar-refractivity contribution in [2.45, 2.75) is 13.0 Å². The van der Waals surface area contributed by atoms with Crippen LogP contribution in [0.2, 0.25) is 0 Å². The lowest BCUT2D eigenvalue weighted by Crippen LogP contribution is -2.00. The van der Waals surface area contributed by atoms with Crippen LogP contribution in [-0.4, -0.2) is 25.1 Å². The van der Waals surface area contributed by atoms with E-state index < -0.39 is 0 Å². The van der Waals surface area contributed by atoms with Gasteiger partial charge in [0.2, 0.25) is 0 Å². The Bertz CT molecular complexity index is 590. The fraction of sp³-hybridized carbons (Fsp3) is 0.235. The fourth-order valence-corrected chi connectivity index (χ4v) is 1.99. The van der Waals surface area contributed by atoms with Gasteiger partial charge in [0.25, 0.3) is 0 Å². The second-order valence-electron chi connectivity index (χ2n) is 4.60. The summed E-state index contributed by atoms with van der Waals surface area (Å²) in [7, 11) is 1.62. The molecular formula is C17H18O4. The summed E-state index contributed by atoms with van der Waals surface area (Å²) in [5, 5.41) is 8.92. The molecule has 0 amide bonds. The van der Waals surface area contributed by atoms with Crippen LogP contribution in [-0.2, 0) is 13.0 Å². The van der Waals surface area contributed by atoms with Crippen molar-refractivity contribution < 1.29 is 19.4 Å². The minimum atomic E-state index is 0.0599. The van der Waals surface area contributed by atoms with Crippen molar-refractivity contribution in [3.05, 3.63) is 59.2 Å². The standard InChI is InChI=1S/C17H18O4/c1-20-16-5-2-14(3-6-16)12-21-17-7-4-13(8-9-18)10-15(17)11-19/h2-7,10-11,18H,8-9,12H2,1H3. The van der Waals surface area contributed by atoms with Crippen LogP contribution in [0.5, 0.6) is 11.5 Å². The van der Waals surface area contributed by atoms with Gasteiger partial charge in [0.15, 0.2) is 6.29 Å². The van der Waals surface area contributed by atoms with Crippen molar-refractivity contribution in [1.82, 2.24) is 0 Å². The average molecular weight is 286 g/mol. The summed E-state index contributed by atoms with van der Waals surface area (Å²) in [6.45, 7) is 0.439. The maximum Gasteiger partial charge on any atom is 0.153 e. The number of hydrogen-bond acceptors (Lipinski definition) is 4. The van der Waals surface area contributed by atoms with Gasteiger partial charge in [0.05, 0.1) is 12.7 Å². The molecule has 0 saturated heterocycles. The second kappa shape index (κ2) is 7.45. The summed E-state index contributed by atoms with van der Waals surface area (Å²) in [5.41, 5.74) is 2.40. The highest BCUT2D eigenvalue weighted by molar-refractivity contribution is 5.79. The molecule has 0 unspecified atom stereocenters. The van der Waals surface area contributed by atoms with Gasteiger partial charge >= 0.3 is 0 Å². The Kier molecular flexibility index (Phi) is 5.35. The van der Waals surface area contributed by atoms with Crippen LogP contribution in [0.25, 0.3) is 0 Å². The van der Waals surface area contributed by atoms with E-state index >= 15 is 0 Å². The molecule has 0 aliphatic rings. The topological polar surface area (TPSA) is 55.8 Å². The number of rotatable bonds is 7. The first-order chi connectivity index (χ1) is 10.3. The maximum atomic E-state index is 11.1. The van der Waals surface area contributed by atoms with E-state index in [1.807, 2.05) is 30.3 Å². The molecule has 1 N–H and O–H groups in total. The highest BCUT2D eigenvalue weighted by Crippen LogP contribution is 2.21. The molecule has 0 aliphatic carbocycles. The Hall–Kier alpha value is -2.33. The third-order valence-electron chi connectivity index (χ3n) is 3.16. The molecule has 2 rings (SSSR count). The fourth-order valence-electron chi connectivity index (χ4n) is 1.99. The number of carbonyl (C=O) groups is 1. The van der Waals surface area contributed by atoms with Gasteiger partial charge < -0.3 is 14.6 Å². The molecule has 0 aliphatic heterocycles. The molecule has 0 fully saturated rings. The Morgan fingerprint density at radius 2 is 1.81 bits per heavy atom. The van der Waals surface area contributed by atoms with Gasteiger partial charge in [-0.2, -0.15) is 0 Å². The van der Waals surface area contributed by atoms with Crippen molar-refractivity contribution >= 4 is 6.29 Å². The van der Waals surface area contributed by atoms with Crippen molar-refractivity contribution in [2.24, 2.45) is 0 Å². The van der Waals surface area contributed by atoms with Crippen LogP contribution >= 0.6 is 0 Å². The largest absolute Gasteiger partial charge is 0.497 e. The zero-order valence-corrected chi connectivity index (χ0v) is 11.9. The molecule has 0 bridgehead atoms. The highest BCUT2D eigenvalue weighted by atomic mass is 16.5. The third kappa shape index (κ3) is 4.07. The lowest BCUT2D eigenvalue weighted by atomic mass is 10.1. The highest BCUT2D eigenvalue weighted by Gasteiger charge is 2.05. The van der Waals surface area contributed by atoms with Crippen LogP contribution in [0.15, 0.2) is 42.5 Å².